The number of carboxylic acid groups (broad SMARTS) is 1. The van der Waals surface area contributed by atoms with Gasteiger partial charge in [0.15, 0.2) is 0 Å². The first-order valence-corrected chi connectivity index (χ1v) is 9.89. The average Bonchev–Trinajstić information content (AvgIpc) is 3.40. The van der Waals surface area contributed by atoms with Crippen molar-refractivity contribution in [3.8, 4) is 0 Å². The van der Waals surface area contributed by atoms with Crippen molar-refractivity contribution in [1.29, 1.82) is 0 Å². The van der Waals surface area contributed by atoms with Crippen LogP contribution in [0.4, 0.5) is 13.2 Å². The van der Waals surface area contributed by atoms with Crippen LogP contribution in [0.1, 0.15) is 44.9 Å². The van der Waals surface area contributed by atoms with E-state index in [2.05, 4.69) is 4.90 Å². The maximum atomic E-state index is 12.5. The quantitative estimate of drug-likeness (QED) is 0.772. The summed E-state index contributed by atoms with van der Waals surface area (Å²) in [5, 5.41) is 8.67. The zero-order valence-corrected chi connectivity index (χ0v) is 15.7. The summed E-state index contributed by atoms with van der Waals surface area (Å²) in [7, 11) is 0. The number of halogens is 3. The molecule has 4 rings (SSSR count). The first-order valence-electron chi connectivity index (χ1n) is 9.89. The molecule has 3 atom stereocenters. The Morgan fingerprint density at radius 1 is 1.04 bits per heavy atom. The molecule has 3 aliphatic heterocycles. The molecule has 0 unspecified atom stereocenters. The van der Waals surface area contributed by atoms with Gasteiger partial charge in [-0.05, 0) is 50.9 Å². The SMILES string of the molecule is O=C(O)C(F)(F)F.O=C([C@@H]1CC[C@@H]2[C@@H](CCN2CC2CC2)O1)N1CCCCO1. The van der Waals surface area contributed by atoms with Gasteiger partial charge in [-0.15, -0.1) is 0 Å². The van der Waals surface area contributed by atoms with Crippen LogP contribution in [0.5, 0.6) is 0 Å². The summed E-state index contributed by atoms with van der Waals surface area (Å²) < 4.78 is 37.9. The molecule has 0 aromatic rings. The number of carboxylic acids is 1. The van der Waals surface area contributed by atoms with Crippen LogP contribution in [0.15, 0.2) is 0 Å². The van der Waals surface area contributed by atoms with Crippen molar-refractivity contribution in [2.75, 3.05) is 26.2 Å². The van der Waals surface area contributed by atoms with Crippen LogP contribution < -0.4 is 0 Å². The highest BCUT2D eigenvalue weighted by Crippen LogP contribution is 2.37. The zero-order valence-electron chi connectivity index (χ0n) is 15.7. The van der Waals surface area contributed by atoms with Crippen molar-refractivity contribution in [3.63, 3.8) is 0 Å². The van der Waals surface area contributed by atoms with Crippen LogP contribution in [-0.4, -0.2) is 77.6 Å². The van der Waals surface area contributed by atoms with Crippen LogP contribution in [0.3, 0.4) is 0 Å². The summed E-state index contributed by atoms with van der Waals surface area (Å²) in [6, 6.07) is 0.553. The van der Waals surface area contributed by atoms with Crippen molar-refractivity contribution in [2.45, 2.75) is 69.4 Å². The van der Waals surface area contributed by atoms with Crippen molar-refractivity contribution >= 4 is 11.9 Å². The highest BCUT2D eigenvalue weighted by molar-refractivity contribution is 5.80. The Hall–Kier alpha value is -1.39. The number of aliphatic carboxylic acids is 1. The highest BCUT2D eigenvalue weighted by Gasteiger charge is 2.44. The Balaban J connectivity index is 0.000000279. The molecule has 160 valence electrons. The average molecular weight is 408 g/mol. The van der Waals surface area contributed by atoms with Gasteiger partial charge in [-0.1, -0.05) is 0 Å². The molecule has 1 aliphatic carbocycles. The largest absolute Gasteiger partial charge is 0.490 e. The van der Waals surface area contributed by atoms with Gasteiger partial charge in [-0.2, -0.15) is 13.2 Å². The normalized spacial score (nSPS) is 31.0. The second-order valence-electron chi connectivity index (χ2n) is 7.82. The Kier molecular flexibility index (Phi) is 6.82. The van der Waals surface area contributed by atoms with E-state index in [4.69, 9.17) is 19.5 Å². The van der Waals surface area contributed by atoms with Crippen LogP contribution >= 0.6 is 0 Å². The van der Waals surface area contributed by atoms with Crippen molar-refractivity contribution in [3.05, 3.63) is 0 Å². The number of alkyl halides is 3. The van der Waals surface area contributed by atoms with E-state index in [1.165, 1.54) is 19.4 Å². The predicted octanol–water partition coefficient (Wildman–Crippen LogP) is 2.21. The molecule has 10 heteroatoms. The van der Waals surface area contributed by atoms with E-state index in [1.54, 1.807) is 5.06 Å². The van der Waals surface area contributed by atoms with Gasteiger partial charge < -0.3 is 9.84 Å². The van der Waals surface area contributed by atoms with E-state index in [1.807, 2.05) is 0 Å². The number of likely N-dealkylation sites (tertiary alicyclic amines) is 1. The number of carbonyl (C=O) groups excluding carboxylic acids is 1. The standard InChI is InChI=1S/C16H26N2O3.C2HF3O2/c19-16(18-8-1-2-10-20-18)15-6-5-13-14(21-15)7-9-17(13)11-12-3-4-12;3-2(4,5)1(6)7/h12-15H,1-11H2;(H,6,7)/t13-,14-,15+;/m1./s1. The summed E-state index contributed by atoms with van der Waals surface area (Å²) in [5.74, 6) is -1.77. The van der Waals surface area contributed by atoms with Gasteiger partial charge in [0.25, 0.3) is 5.91 Å². The van der Waals surface area contributed by atoms with E-state index in [0.717, 1.165) is 51.1 Å². The van der Waals surface area contributed by atoms with E-state index in [0.29, 0.717) is 12.6 Å². The monoisotopic (exact) mass is 408 g/mol. The Labute approximate surface area is 161 Å². The summed E-state index contributed by atoms with van der Waals surface area (Å²) in [4.78, 5) is 29.5. The fourth-order valence-corrected chi connectivity index (χ4v) is 3.99. The Morgan fingerprint density at radius 3 is 2.32 bits per heavy atom. The van der Waals surface area contributed by atoms with Crippen molar-refractivity contribution in [1.82, 2.24) is 9.96 Å². The molecule has 0 spiro atoms. The Morgan fingerprint density at radius 2 is 1.75 bits per heavy atom. The summed E-state index contributed by atoms with van der Waals surface area (Å²) in [6.07, 6.45) is 2.84. The van der Waals surface area contributed by atoms with Gasteiger partial charge in [-0.25, -0.2) is 9.86 Å². The lowest BCUT2D eigenvalue weighted by atomic mass is 9.98. The number of hydrogen-bond donors (Lipinski definition) is 1. The molecule has 28 heavy (non-hydrogen) atoms. The number of amides is 1. The molecular weight excluding hydrogens is 381 g/mol. The van der Waals surface area contributed by atoms with Crippen LogP contribution in [0, 0.1) is 5.92 Å². The molecule has 0 bridgehead atoms. The van der Waals surface area contributed by atoms with Gasteiger partial charge in [0.05, 0.1) is 12.7 Å². The summed E-state index contributed by atoms with van der Waals surface area (Å²) >= 11 is 0. The summed E-state index contributed by atoms with van der Waals surface area (Å²) in [6.45, 7) is 3.78. The fraction of sp³-hybridized carbons (Fsp3) is 0.889. The van der Waals surface area contributed by atoms with Gasteiger partial charge in [0, 0.05) is 25.7 Å². The van der Waals surface area contributed by atoms with E-state index in [9.17, 15) is 18.0 Å². The van der Waals surface area contributed by atoms with E-state index in [-0.39, 0.29) is 18.1 Å². The molecule has 7 nitrogen and oxygen atoms in total. The second kappa shape index (κ2) is 8.96. The predicted molar refractivity (Wildman–Crippen MR) is 91.2 cm³/mol. The maximum Gasteiger partial charge on any atom is 0.490 e. The van der Waals surface area contributed by atoms with Crippen LogP contribution in [0.25, 0.3) is 0 Å². The molecule has 1 amide bonds. The number of ether oxygens (including phenoxy) is 1. The minimum atomic E-state index is -5.08. The molecule has 0 aromatic heterocycles. The molecule has 3 heterocycles. The number of carbonyl (C=O) groups is 2. The maximum absolute atomic E-state index is 12.5. The van der Waals surface area contributed by atoms with Gasteiger partial charge in [0.2, 0.25) is 0 Å². The molecule has 3 saturated heterocycles. The van der Waals surface area contributed by atoms with Gasteiger partial charge in [-0.3, -0.25) is 14.5 Å². The molecular formula is C18H27F3N2O5. The lowest BCUT2D eigenvalue weighted by molar-refractivity contribution is -0.213. The second-order valence-corrected chi connectivity index (χ2v) is 7.82. The molecule has 0 radical (unpaired) electrons. The third-order valence-corrected chi connectivity index (χ3v) is 5.62. The summed E-state index contributed by atoms with van der Waals surface area (Å²) in [5.41, 5.74) is 0. The lowest BCUT2D eigenvalue weighted by Gasteiger charge is -2.37. The minimum Gasteiger partial charge on any atom is -0.475 e. The van der Waals surface area contributed by atoms with Gasteiger partial charge in [0.1, 0.15) is 6.10 Å². The molecule has 1 N–H and O–H groups in total. The number of hydroxylamine groups is 2. The van der Waals surface area contributed by atoms with E-state index < -0.39 is 12.1 Å². The number of fused-ring (bicyclic) bond motifs is 1. The molecule has 4 fully saturated rings. The van der Waals surface area contributed by atoms with Crippen molar-refractivity contribution < 1.29 is 37.4 Å². The van der Waals surface area contributed by atoms with Crippen LogP contribution in [-0.2, 0) is 19.2 Å². The number of rotatable bonds is 3. The van der Waals surface area contributed by atoms with E-state index >= 15 is 0 Å². The minimum absolute atomic E-state index is 0.0498. The smallest absolute Gasteiger partial charge is 0.475 e. The third kappa shape index (κ3) is 5.57. The lowest BCUT2D eigenvalue weighted by Crippen LogP contribution is -2.50. The van der Waals surface area contributed by atoms with Crippen molar-refractivity contribution in [2.24, 2.45) is 5.92 Å². The number of hydrogen-bond acceptors (Lipinski definition) is 5. The first kappa shape index (κ1) is 21.3. The molecule has 1 saturated carbocycles. The van der Waals surface area contributed by atoms with Gasteiger partial charge >= 0.3 is 12.1 Å². The fourth-order valence-electron chi connectivity index (χ4n) is 3.99. The Bertz CT molecular complexity index is 564. The topological polar surface area (TPSA) is 79.3 Å². The van der Waals surface area contributed by atoms with Crippen LogP contribution in [0.2, 0.25) is 0 Å². The highest BCUT2D eigenvalue weighted by atomic mass is 19.4. The third-order valence-electron chi connectivity index (χ3n) is 5.62. The molecule has 0 aromatic carbocycles. The number of nitrogens with zero attached hydrogens (tertiary/aromatic N) is 2. The zero-order chi connectivity index (χ0) is 20.3. The first-order chi connectivity index (χ1) is 13.3. The molecule has 4 aliphatic rings.